The van der Waals surface area contributed by atoms with Crippen LogP contribution in [0.1, 0.15) is 18.4 Å². The van der Waals surface area contributed by atoms with Gasteiger partial charge in [0.2, 0.25) is 0 Å². The van der Waals surface area contributed by atoms with Gasteiger partial charge < -0.3 is 14.6 Å². The summed E-state index contributed by atoms with van der Waals surface area (Å²) in [4.78, 5) is 0. The van der Waals surface area contributed by atoms with Crippen molar-refractivity contribution in [2.45, 2.75) is 25.2 Å². The fourth-order valence-electron chi connectivity index (χ4n) is 3.20. The molecule has 1 aromatic rings. The molecule has 3 nitrogen and oxygen atoms in total. The van der Waals surface area contributed by atoms with Crippen LogP contribution in [0.4, 0.5) is 0 Å². The molecular formula is C17H20O3. The molecule has 20 heavy (non-hydrogen) atoms. The quantitative estimate of drug-likeness (QED) is 0.857. The van der Waals surface area contributed by atoms with E-state index >= 15 is 0 Å². The molecule has 1 heterocycles. The van der Waals surface area contributed by atoms with Crippen molar-refractivity contribution in [3.8, 4) is 0 Å². The van der Waals surface area contributed by atoms with E-state index in [4.69, 9.17) is 9.47 Å². The molecule has 1 saturated heterocycles. The maximum absolute atomic E-state index is 10.4. The van der Waals surface area contributed by atoms with Gasteiger partial charge in [0.15, 0.2) is 6.29 Å². The van der Waals surface area contributed by atoms with Gasteiger partial charge in [-0.3, -0.25) is 0 Å². The molecule has 0 amide bonds. The average Bonchev–Trinajstić information content (AvgIpc) is 2.82. The summed E-state index contributed by atoms with van der Waals surface area (Å²) in [5.74, 6) is 0.365. The van der Waals surface area contributed by atoms with Crippen molar-refractivity contribution in [2.75, 3.05) is 13.2 Å². The highest BCUT2D eigenvalue weighted by molar-refractivity contribution is 5.75. The number of ether oxygens (including phenoxy) is 2. The molecular weight excluding hydrogens is 252 g/mol. The number of aliphatic hydroxyl groups excluding tert-OH is 1. The second kappa shape index (κ2) is 5.92. The predicted octanol–water partition coefficient (Wildman–Crippen LogP) is 2.77. The minimum atomic E-state index is -0.422. The molecule has 0 spiro atoms. The van der Waals surface area contributed by atoms with Gasteiger partial charge in [0.05, 0.1) is 19.3 Å². The predicted molar refractivity (Wildman–Crippen MR) is 78.0 cm³/mol. The second-order valence-corrected chi connectivity index (χ2v) is 5.30. The summed E-state index contributed by atoms with van der Waals surface area (Å²) < 4.78 is 11.5. The Morgan fingerprint density at radius 3 is 2.90 bits per heavy atom. The van der Waals surface area contributed by atoms with Gasteiger partial charge in [-0.25, -0.2) is 0 Å². The van der Waals surface area contributed by atoms with Crippen LogP contribution in [0, 0.1) is 5.92 Å². The molecule has 0 radical (unpaired) electrons. The van der Waals surface area contributed by atoms with Gasteiger partial charge in [-0.1, -0.05) is 36.4 Å². The van der Waals surface area contributed by atoms with Gasteiger partial charge in [0.1, 0.15) is 0 Å². The lowest BCUT2D eigenvalue weighted by Gasteiger charge is -2.30. The largest absolute Gasteiger partial charge is 0.388 e. The maximum atomic E-state index is 10.4. The first-order valence-electron chi connectivity index (χ1n) is 7.12. The van der Waals surface area contributed by atoms with Crippen molar-refractivity contribution in [1.29, 1.82) is 0 Å². The van der Waals surface area contributed by atoms with Gasteiger partial charge in [-0.15, -0.1) is 6.58 Å². The number of hydrogen-bond acceptors (Lipinski definition) is 3. The SMILES string of the molecule is C=CCO[C@H]1OCC[C@@H]2C[C@H](O)C(c3ccccc3)=C21. The Morgan fingerprint density at radius 2 is 2.15 bits per heavy atom. The summed E-state index contributed by atoms with van der Waals surface area (Å²) in [6.07, 6.45) is 2.68. The highest BCUT2D eigenvalue weighted by atomic mass is 16.7. The topological polar surface area (TPSA) is 38.7 Å². The van der Waals surface area contributed by atoms with Crippen LogP contribution in [0.2, 0.25) is 0 Å². The lowest BCUT2D eigenvalue weighted by molar-refractivity contribution is -0.131. The molecule has 1 aromatic carbocycles. The molecule has 3 rings (SSSR count). The summed E-state index contributed by atoms with van der Waals surface area (Å²) in [6, 6.07) is 10.0. The Morgan fingerprint density at radius 1 is 1.35 bits per heavy atom. The molecule has 0 bridgehead atoms. The van der Waals surface area contributed by atoms with Crippen molar-refractivity contribution in [2.24, 2.45) is 5.92 Å². The summed E-state index contributed by atoms with van der Waals surface area (Å²) in [6.45, 7) is 4.82. The monoisotopic (exact) mass is 272 g/mol. The van der Waals surface area contributed by atoms with Gasteiger partial charge in [-0.2, -0.15) is 0 Å². The van der Waals surface area contributed by atoms with Crippen LogP contribution < -0.4 is 0 Å². The molecule has 3 heteroatoms. The molecule has 1 fully saturated rings. The maximum Gasteiger partial charge on any atom is 0.181 e. The van der Waals surface area contributed by atoms with E-state index in [2.05, 4.69) is 6.58 Å². The molecule has 2 aliphatic rings. The van der Waals surface area contributed by atoms with Crippen LogP contribution in [0.3, 0.4) is 0 Å². The number of fused-ring (bicyclic) bond motifs is 1. The Kier molecular flexibility index (Phi) is 4.01. The van der Waals surface area contributed by atoms with E-state index in [1.807, 2.05) is 30.3 Å². The van der Waals surface area contributed by atoms with Crippen LogP contribution in [-0.2, 0) is 9.47 Å². The van der Waals surface area contributed by atoms with Crippen LogP contribution >= 0.6 is 0 Å². The third-order valence-electron chi connectivity index (χ3n) is 4.03. The van der Waals surface area contributed by atoms with Gasteiger partial charge in [0, 0.05) is 0 Å². The normalized spacial score (nSPS) is 29.4. The fourth-order valence-corrected chi connectivity index (χ4v) is 3.20. The summed E-state index contributed by atoms with van der Waals surface area (Å²) in [5, 5.41) is 10.4. The van der Waals surface area contributed by atoms with Gasteiger partial charge in [0.25, 0.3) is 0 Å². The van der Waals surface area contributed by atoms with Crippen LogP contribution in [0.5, 0.6) is 0 Å². The van der Waals surface area contributed by atoms with E-state index in [0.29, 0.717) is 19.1 Å². The van der Waals surface area contributed by atoms with Crippen molar-refractivity contribution in [1.82, 2.24) is 0 Å². The minimum absolute atomic E-state index is 0.348. The molecule has 0 saturated carbocycles. The molecule has 1 aliphatic carbocycles. The number of benzene rings is 1. The minimum Gasteiger partial charge on any atom is -0.388 e. The number of rotatable bonds is 4. The Balaban J connectivity index is 1.99. The third kappa shape index (κ3) is 2.44. The number of hydrogen-bond donors (Lipinski definition) is 1. The van der Waals surface area contributed by atoms with Crippen LogP contribution in [0.15, 0.2) is 48.6 Å². The Labute approximate surface area is 119 Å². The lowest BCUT2D eigenvalue weighted by Crippen LogP contribution is -2.30. The molecule has 0 aromatic heterocycles. The van der Waals surface area contributed by atoms with Crippen LogP contribution in [-0.4, -0.2) is 30.7 Å². The molecule has 1 aliphatic heterocycles. The zero-order valence-electron chi connectivity index (χ0n) is 11.5. The average molecular weight is 272 g/mol. The summed E-state index contributed by atoms with van der Waals surface area (Å²) in [7, 11) is 0. The smallest absolute Gasteiger partial charge is 0.181 e. The molecule has 3 atom stereocenters. The molecule has 0 unspecified atom stereocenters. The Hall–Kier alpha value is -1.42. The molecule has 106 valence electrons. The third-order valence-corrected chi connectivity index (χ3v) is 4.03. The van der Waals surface area contributed by atoms with Crippen molar-refractivity contribution in [3.63, 3.8) is 0 Å². The van der Waals surface area contributed by atoms with Gasteiger partial charge in [-0.05, 0) is 35.5 Å². The van der Waals surface area contributed by atoms with Crippen molar-refractivity contribution in [3.05, 3.63) is 54.1 Å². The second-order valence-electron chi connectivity index (χ2n) is 5.30. The number of aliphatic hydroxyl groups is 1. The van der Waals surface area contributed by atoms with E-state index in [1.54, 1.807) is 6.08 Å². The standard InChI is InChI=1S/C17H20O3/c1-2-9-19-17-16-13(8-10-20-17)11-14(18)15(16)12-6-4-3-5-7-12/h2-7,13-14,17-18H,1,8-11H2/t13-,14+,17+/m1/s1. The highest BCUT2D eigenvalue weighted by Gasteiger charge is 2.40. The van der Waals surface area contributed by atoms with E-state index in [9.17, 15) is 5.11 Å². The Bertz CT molecular complexity index is 506. The first-order valence-corrected chi connectivity index (χ1v) is 7.12. The van der Waals surface area contributed by atoms with Crippen molar-refractivity contribution < 1.29 is 14.6 Å². The molecule has 1 N–H and O–H groups in total. The highest BCUT2D eigenvalue weighted by Crippen LogP contribution is 2.44. The lowest BCUT2D eigenvalue weighted by atomic mass is 9.93. The summed E-state index contributed by atoms with van der Waals surface area (Å²) >= 11 is 0. The van der Waals surface area contributed by atoms with E-state index in [-0.39, 0.29) is 6.29 Å². The first kappa shape index (κ1) is 13.6. The summed E-state index contributed by atoms with van der Waals surface area (Å²) in [5.41, 5.74) is 3.18. The zero-order chi connectivity index (χ0) is 13.9. The van der Waals surface area contributed by atoms with Crippen molar-refractivity contribution >= 4 is 5.57 Å². The fraction of sp³-hybridized carbons (Fsp3) is 0.412. The van der Waals surface area contributed by atoms with E-state index in [1.165, 1.54) is 0 Å². The van der Waals surface area contributed by atoms with E-state index < -0.39 is 6.10 Å². The first-order chi connectivity index (χ1) is 9.81. The van der Waals surface area contributed by atoms with Crippen LogP contribution in [0.25, 0.3) is 5.57 Å². The van der Waals surface area contributed by atoms with E-state index in [0.717, 1.165) is 29.6 Å². The van der Waals surface area contributed by atoms with Gasteiger partial charge >= 0.3 is 0 Å². The zero-order valence-corrected chi connectivity index (χ0v) is 11.5.